The van der Waals surface area contributed by atoms with Crippen molar-refractivity contribution in [2.24, 2.45) is 0 Å². The summed E-state index contributed by atoms with van der Waals surface area (Å²) in [5.41, 5.74) is 1.38. The summed E-state index contributed by atoms with van der Waals surface area (Å²) in [5, 5.41) is 0. The summed E-state index contributed by atoms with van der Waals surface area (Å²) in [6.45, 7) is 2.81. The number of imidazole rings is 1. The first-order valence-corrected chi connectivity index (χ1v) is 8.02. The van der Waals surface area contributed by atoms with Crippen molar-refractivity contribution in [2.75, 3.05) is 7.11 Å². The summed E-state index contributed by atoms with van der Waals surface area (Å²) in [7, 11) is 1.64. The maximum Gasteiger partial charge on any atom is 0.277 e. The summed E-state index contributed by atoms with van der Waals surface area (Å²) in [6, 6.07) is 7.67. The minimum atomic E-state index is -0.152. The van der Waals surface area contributed by atoms with Gasteiger partial charge < -0.3 is 18.6 Å². The number of fused-ring (bicyclic) bond motifs is 1. The highest BCUT2D eigenvalue weighted by Gasteiger charge is 2.33. The molecule has 25 heavy (non-hydrogen) atoms. The maximum atomic E-state index is 13.1. The molecule has 1 unspecified atom stereocenters. The molecule has 3 aromatic rings. The molecular formula is C18H18N4O3. The molecule has 1 aliphatic rings. The van der Waals surface area contributed by atoms with Gasteiger partial charge in [-0.3, -0.25) is 4.79 Å². The molecule has 1 atom stereocenters. The number of oxazole rings is 1. The van der Waals surface area contributed by atoms with E-state index in [9.17, 15) is 4.79 Å². The Morgan fingerprint density at radius 1 is 1.28 bits per heavy atom. The van der Waals surface area contributed by atoms with E-state index in [0.717, 1.165) is 17.1 Å². The van der Waals surface area contributed by atoms with Crippen molar-refractivity contribution in [1.29, 1.82) is 0 Å². The molecule has 1 aliphatic heterocycles. The third kappa shape index (κ3) is 2.67. The number of hydrogen-bond donors (Lipinski definition) is 0. The van der Waals surface area contributed by atoms with Gasteiger partial charge in [-0.2, -0.15) is 0 Å². The van der Waals surface area contributed by atoms with Crippen LogP contribution in [0.15, 0.2) is 47.5 Å². The second kappa shape index (κ2) is 6.08. The average molecular weight is 338 g/mol. The second-order valence-electron chi connectivity index (χ2n) is 5.97. The molecule has 4 rings (SSSR count). The van der Waals surface area contributed by atoms with Crippen molar-refractivity contribution in [3.05, 3.63) is 65.9 Å². The van der Waals surface area contributed by atoms with Gasteiger partial charge in [-0.25, -0.2) is 9.97 Å². The van der Waals surface area contributed by atoms with Crippen molar-refractivity contribution in [2.45, 2.75) is 26.1 Å². The number of nitrogens with zero attached hydrogens (tertiary/aromatic N) is 4. The van der Waals surface area contributed by atoms with Crippen LogP contribution in [0.1, 0.15) is 33.7 Å². The Morgan fingerprint density at radius 2 is 2.08 bits per heavy atom. The van der Waals surface area contributed by atoms with Gasteiger partial charge >= 0.3 is 0 Å². The minimum Gasteiger partial charge on any atom is -0.497 e. The van der Waals surface area contributed by atoms with Crippen molar-refractivity contribution in [1.82, 2.24) is 19.4 Å². The zero-order valence-corrected chi connectivity index (χ0v) is 14.0. The highest BCUT2D eigenvalue weighted by molar-refractivity contribution is 5.93. The third-order valence-electron chi connectivity index (χ3n) is 4.57. The van der Waals surface area contributed by atoms with Gasteiger partial charge in [0.2, 0.25) is 0 Å². The zero-order chi connectivity index (χ0) is 17.4. The van der Waals surface area contributed by atoms with Gasteiger partial charge in [0.25, 0.3) is 5.91 Å². The minimum absolute atomic E-state index is 0.115. The highest BCUT2D eigenvalue weighted by atomic mass is 16.5. The van der Waals surface area contributed by atoms with Crippen LogP contribution in [0, 0.1) is 6.92 Å². The topological polar surface area (TPSA) is 73.4 Å². The molecule has 0 N–H and O–H groups in total. The summed E-state index contributed by atoms with van der Waals surface area (Å²) in [4.78, 5) is 23.3. The van der Waals surface area contributed by atoms with Gasteiger partial charge in [-0.1, -0.05) is 12.1 Å². The Morgan fingerprint density at radius 3 is 2.76 bits per heavy atom. The number of rotatable bonds is 3. The number of aryl methyl sites for hydroxylation is 1. The van der Waals surface area contributed by atoms with E-state index in [0.29, 0.717) is 24.5 Å². The standard InChI is InChI=1S/C18H18N4O3/c1-12-17(20-11-25-12)18(23)22-10-16-19-7-8-21(16)9-15(22)13-3-5-14(24-2)6-4-13/h3-8,11,15H,9-10H2,1-2H3. The Hall–Kier alpha value is -3.09. The normalized spacial score (nSPS) is 16.6. The van der Waals surface area contributed by atoms with Gasteiger partial charge in [-0.05, 0) is 24.6 Å². The van der Waals surface area contributed by atoms with Crippen LogP contribution in [-0.2, 0) is 13.1 Å². The average Bonchev–Trinajstić information content (AvgIpc) is 3.28. The fourth-order valence-electron chi connectivity index (χ4n) is 3.18. The molecule has 2 aromatic heterocycles. The van der Waals surface area contributed by atoms with Gasteiger partial charge in [0.05, 0.1) is 19.7 Å². The van der Waals surface area contributed by atoms with Crippen LogP contribution >= 0.6 is 0 Å². The first-order chi connectivity index (χ1) is 12.2. The van der Waals surface area contributed by atoms with E-state index in [-0.39, 0.29) is 11.9 Å². The lowest BCUT2D eigenvalue weighted by Crippen LogP contribution is -2.41. The Labute approximate surface area is 144 Å². The number of carbonyl (C=O) groups is 1. The highest BCUT2D eigenvalue weighted by Crippen LogP contribution is 2.31. The summed E-state index contributed by atoms with van der Waals surface area (Å²) >= 11 is 0. The Kier molecular flexibility index (Phi) is 3.76. The number of carbonyl (C=O) groups excluding carboxylic acids is 1. The van der Waals surface area contributed by atoms with Crippen LogP contribution in [0.2, 0.25) is 0 Å². The van der Waals surface area contributed by atoms with E-state index >= 15 is 0 Å². The van der Waals surface area contributed by atoms with Gasteiger partial charge in [-0.15, -0.1) is 0 Å². The molecule has 7 heteroatoms. The molecule has 0 fully saturated rings. The summed E-state index contributed by atoms with van der Waals surface area (Å²) in [6.07, 6.45) is 5.00. The molecule has 0 spiro atoms. The van der Waals surface area contributed by atoms with Crippen LogP contribution in [0.25, 0.3) is 0 Å². The van der Waals surface area contributed by atoms with Crippen molar-refractivity contribution >= 4 is 5.91 Å². The smallest absolute Gasteiger partial charge is 0.277 e. The van der Waals surface area contributed by atoms with Crippen LogP contribution in [-0.4, -0.2) is 32.5 Å². The SMILES string of the molecule is COc1ccc(C2Cn3ccnc3CN2C(=O)c2ncoc2C)cc1. The van der Waals surface area contributed by atoms with E-state index in [2.05, 4.69) is 14.5 Å². The zero-order valence-electron chi connectivity index (χ0n) is 14.0. The molecule has 3 heterocycles. The molecule has 1 amide bonds. The first kappa shape index (κ1) is 15.4. The van der Waals surface area contributed by atoms with Crippen molar-refractivity contribution < 1.29 is 13.9 Å². The van der Waals surface area contributed by atoms with E-state index in [1.54, 1.807) is 25.1 Å². The van der Waals surface area contributed by atoms with Crippen LogP contribution in [0.5, 0.6) is 5.75 Å². The molecule has 0 saturated carbocycles. The Balaban J connectivity index is 1.73. The van der Waals surface area contributed by atoms with Crippen LogP contribution in [0.3, 0.4) is 0 Å². The maximum absolute atomic E-state index is 13.1. The lowest BCUT2D eigenvalue weighted by molar-refractivity contribution is 0.0577. The Bertz CT molecular complexity index is 897. The molecular weight excluding hydrogens is 320 g/mol. The summed E-state index contributed by atoms with van der Waals surface area (Å²) < 4.78 is 12.5. The molecule has 1 aromatic carbocycles. The van der Waals surface area contributed by atoms with Crippen molar-refractivity contribution in [3.63, 3.8) is 0 Å². The quantitative estimate of drug-likeness (QED) is 0.734. The first-order valence-electron chi connectivity index (χ1n) is 8.02. The van der Waals surface area contributed by atoms with Crippen LogP contribution < -0.4 is 4.74 Å². The predicted octanol–water partition coefficient (Wildman–Crippen LogP) is 2.59. The van der Waals surface area contributed by atoms with E-state index in [1.807, 2.05) is 30.5 Å². The fourth-order valence-corrected chi connectivity index (χ4v) is 3.18. The lowest BCUT2D eigenvalue weighted by atomic mass is 10.0. The summed E-state index contributed by atoms with van der Waals surface area (Å²) in [5.74, 6) is 2.01. The molecule has 0 radical (unpaired) electrons. The number of aromatic nitrogens is 3. The largest absolute Gasteiger partial charge is 0.497 e. The molecule has 128 valence electrons. The number of benzene rings is 1. The number of hydrogen-bond acceptors (Lipinski definition) is 5. The van der Waals surface area contributed by atoms with Gasteiger partial charge in [0, 0.05) is 18.9 Å². The molecule has 0 saturated heterocycles. The number of amides is 1. The molecule has 0 bridgehead atoms. The predicted molar refractivity (Wildman–Crippen MR) is 89.1 cm³/mol. The van der Waals surface area contributed by atoms with Crippen LogP contribution in [0.4, 0.5) is 0 Å². The van der Waals surface area contributed by atoms with E-state index < -0.39 is 0 Å². The molecule has 7 nitrogen and oxygen atoms in total. The van der Waals surface area contributed by atoms with Gasteiger partial charge in [0.15, 0.2) is 12.1 Å². The second-order valence-corrected chi connectivity index (χ2v) is 5.97. The van der Waals surface area contributed by atoms with E-state index in [1.165, 1.54) is 6.39 Å². The van der Waals surface area contributed by atoms with Crippen molar-refractivity contribution in [3.8, 4) is 5.75 Å². The fraction of sp³-hybridized carbons (Fsp3) is 0.278. The monoisotopic (exact) mass is 338 g/mol. The lowest BCUT2D eigenvalue weighted by Gasteiger charge is -2.36. The molecule has 0 aliphatic carbocycles. The number of methoxy groups -OCH3 is 1. The van der Waals surface area contributed by atoms with E-state index in [4.69, 9.17) is 9.15 Å². The van der Waals surface area contributed by atoms with Gasteiger partial charge in [0.1, 0.15) is 17.3 Å². The third-order valence-corrected chi connectivity index (χ3v) is 4.57. The number of ether oxygens (including phenoxy) is 1.